The molecule has 2 aromatic carbocycles. The third-order valence-corrected chi connectivity index (χ3v) is 3.96. The van der Waals surface area contributed by atoms with Crippen molar-refractivity contribution in [3.63, 3.8) is 0 Å². The second kappa shape index (κ2) is 5.84. The van der Waals surface area contributed by atoms with E-state index in [1.165, 1.54) is 12.1 Å². The van der Waals surface area contributed by atoms with E-state index in [0.717, 1.165) is 5.52 Å². The van der Waals surface area contributed by atoms with Crippen molar-refractivity contribution >= 4 is 45.8 Å². The smallest absolute Gasteiger partial charge is 0.125 e. The summed E-state index contributed by atoms with van der Waals surface area (Å²) in [6.07, 6.45) is 0.527. The highest BCUT2D eigenvalue weighted by atomic mass is 35.5. The Balaban J connectivity index is 2.36. The summed E-state index contributed by atoms with van der Waals surface area (Å²) in [4.78, 5) is 4.44. The van der Waals surface area contributed by atoms with Gasteiger partial charge in [0.15, 0.2) is 0 Å². The third-order valence-electron chi connectivity index (χ3n) is 3.17. The van der Waals surface area contributed by atoms with Gasteiger partial charge in [-0.1, -0.05) is 29.3 Å². The van der Waals surface area contributed by atoms with Crippen molar-refractivity contribution in [2.24, 2.45) is 0 Å². The first kappa shape index (κ1) is 14.6. The van der Waals surface area contributed by atoms with E-state index in [1.807, 2.05) is 4.57 Å². The van der Waals surface area contributed by atoms with Gasteiger partial charge in [-0.3, -0.25) is 4.57 Å². The van der Waals surface area contributed by atoms with Gasteiger partial charge in [-0.05, 0) is 24.3 Å². The highest BCUT2D eigenvalue weighted by Crippen LogP contribution is 2.33. The summed E-state index contributed by atoms with van der Waals surface area (Å²) in [7, 11) is 0. The number of benzene rings is 2. The maximum Gasteiger partial charge on any atom is 0.125 e. The van der Waals surface area contributed by atoms with Crippen molar-refractivity contribution in [3.8, 4) is 5.69 Å². The summed E-state index contributed by atoms with van der Waals surface area (Å²) < 4.78 is 15.2. The fraction of sp³-hybridized carbons (Fsp3) is 0.133. The predicted molar refractivity (Wildman–Crippen MR) is 85.5 cm³/mol. The van der Waals surface area contributed by atoms with Gasteiger partial charge in [0.25, 0.3) is 0 Å². The van der Waals surface area contributed by atoms with E-state index in [0.29, 0.717) is 39.4 Å². The Morgan fingerprint density at radius 1 is 1.10 bits per heavy atom. The highest BCUT2D eigenvalue weighted by molar-refractivity contribution is 6.37. The van der Waals surface area contributed by atoms with E-state index in [4.69, 9.17) is 34.8 Å². The molecule has 3 rings (SSSR count). The van der Waals surface area contributed by atoms with Crippen LogP contribution < -0.4 is 0 Å². The molecule has 0 fully saturated rings. The van der Waals surface area contributed by atoms with Crippen LogP contribution in [0.4, 0.5) is 4.39 Å². The van der Waals surface area contributed by atoms with E-state index in [2.05, 4.69) is 4.98 Å². The van der Waals surface area contributed by atoms with Gasteiger partial charge in [-0.15, -0.1) is 11.6 Å². The average molecular weight is 344 g/mol. The Labute approximate surface area is 136 Å². The monoisotopic (exact) mass is 342 g/mol. The molecule has 0 radical (unpaired) electrons. The molecular weight excluding hydrogens is 334 g/mol. The number of halogens is 4. The van der Waals surface area contributed by atoms with Crippen LogP contribution in [0.15, 0.2) is 36.4 Å². The van der Waals surface area contributed by atoms with E-state index in [-0.39, 0.29) is 5.82 Å². The molecule has 0 aliphatic carbocycles. The van der Waals surface area contributed by atoms with Crippen molar-refractivity contribution in [3.05, 3.63) is 58.1 Å². The lowest BCUT2D eigenvalue weighted by atomic mass is 10.2. The molecule has 0 N–H and O–H groups in total. The molecule has 0 unspecified atom stereocenters. The summed E-state index contributed by atoms with van der Waals surface area (Å²) in [6.45, 7) is 0. The number of alkyl halides is 1. The summed E-state index contributed by atoms with van der Waals surface area (Å²) in [5.74, 6) is 0.754. The number of rotatable bonds is 3. The summed E-state index contributed by atoms with van der Waals surface area (Å²) >= 11 is 18.4. The summed E-state index contributed by atoms with van der Waals surface area (Å²) in [5, 5.41) is 1.00. The number of aryl methyl sites for hydroxylation is 1. The Hall–Kier alpha value is -1.29. The molecule has 0 spiro atoms. The largest absolute Gasteiger partial charge is 0.293 e. The second-order valence-corrected chi connectivity index (χ2v) is 5.70. The van der Waals surface area contributed by atoms with Gasteiger partial charge in [0.2, 0.25) is 0 Å². The Morgan fingerprint density at radius 3 is 2.48 bits per heavy atom. The Bertz CT molecular complexity index is 794. The van der Waals surface area contributed by atoms with Crippen LogP contribution in [0.25, 0.3) is 16.7 Å². The lowest BCUT2D eigenvalue weighted by Gasteiger charge is -2.12. The van der Waals surface area contributed by atoms with E-state index < -0.39 is 0 Å². The van der Waals surface area contributed by atoms with Crippen LogP contribution >= 0.6 is 34.8 Å². The molecule has 2 nitrogen and oxygen atoms in total. The average Bonchev–Trinajstić information content (AvgIpc) is 2.77. The molecule has 0 amide bonds. The number of imidazole rings is 1. The van der Waals surface area contributed by atoms with E-state index in [1.54, 1.807) is 24.3 Å². The summed E-state index contributed by atoms with van der Waals surface area (Å²) in [6, 6.07) is 9.71. The van der Waals surface area contributed by atoms with Crippen LogP contribution in [0.3, 0.4) is 0 Å². The number of fused-ring (bicyclic) bond motifs is 1. The molecular formula is C15H10Cl3FN2. The molecule has 0 atom stereocenters. The number of hydrogen-bond donors (Lipinski definition) is 0. The molecule has 0 bridgehead atoms. The molecule has 0 saturated carbocycles. The Kier molecular flexibility index (Phi) is 4.07. The fourth-order valence-corrected chi connectivity index (χ4v) is 3.04. The summed E-state index contributed by atoms with van der Waals surface area (Å²) in [5.41, 5.74) is 1.92. The number of nitrogens with zero attached hydrogens (tertiary/aromatic N) is 2. The second-order valence-electron chi connectivity index (χ2n) is 4.51. The maximum atomic E-state index is 13.4. The zero-order chi connectivity index (χ0) is 15.0. The molecule has 0 aliphatic rings. The van der Waals surface area contributed by atoms with Crippen LogP contribution in [-0.4, -0.2) is 15.4 Å². The van der Waals surface area contributed by atoms with E-state index in [9.17, 15) is 4.39 Å². The van der Waals surface area contributed by atoms with Crippen LogP contribution in [0, 0.1) is 5.82 Å². The standard InChI is InChI=1S/C15H10Cl3FN2/c16-7-6-14-20-12-8-9(19)4-5-13(12)21(14)15-10(17)2-1-3-11(15)18/h1-5,8H,6-7H2. The fourth-order valence-electron chi connectivity index (χ4n) is 2.31. The van der Waals surface area contributed by atoms with Crippen molar-refractivity contribution in [2.75, 3.05) is 5.88 Å². The normalized spacial score (nSPS) is 11.2. The first-order chi connectivity index (χ1) is 10.1. The zero-order valence-corrected chi connectivity index (χ0v) is 13.1. The minimum atomic E-state index is -0.338. The van der Waals surface area contributed by atoms with Gasteiger partial charge in [-0.25, -0.2) is 9.37 Å². The minimum Gasteiger partial charge on any atom is -0.293 e. The van der Waals surface area contributed by atoms with Crippen molar-refractivity contribution in [1.82, 2.24) is 9.55 Å². The molecule has 108 valence electrons. The van der Waals surface area contributed by atoms with Crippen molar-refractivity contribution in [2.45, 2.75) is 6.42 Å². The van der Waals surface area contributed by atoms with Gasteiger partial charge in [0.05, 0.1) is 26.8 Å². The van der Waals surface area contributed by atoms with Crippen LogP contribution in [-0.2, 0) is 6.42 Å². The molecule has 21 heavy (non-hydrogen) atoms. The quantitative estimate of drug-likeness (QED) is 0.594. The van der Waals surface area contributed by atoms with Crippen molar-refractivity contribution in [1.29, 1.82) is 0 Å². The number of aromatic nitrogens is 2. The van der Waals surface area contributed by atoms with Crippen LogP contribution in [0.2, 0.25) is 10.0 Å². The molecule has 3 aromatic rings. The van der Waals surface area contributed by atoms with E-state index >= 15 is 0 Å². The third kappa shape index (κ3) is 2.61. The minimum absolute atomic E-state index is 0.338. The zero-order valence-electron chi connectivity index (χ0n) is 10.8. The first-order valence-corrected chi connectivity index (χ1v) is 7.58. The Morgan fingerprint density at radius 2 is 1.81 bits per heavy atom. The van der Waals surface area contributed by atoms with Crippen LogP contribution in [0.1, 0.15) is 5.82 Å². The topological polar surface area (TPSA) is 17.8 Å². The molecule has 0 aliphatic heterocycles. The number of hydrogen-bond acceptors (Lipinski definition) is 1. The van der Waals surface area contributed by atoms with Gasteiger partial charge in [0, 0.05) is 18.4 Å². The highest BCUT2D eigenvalue weighted by Gasteiger charge is 2.17. The molecule has 1 aromatic heterocycles. The van der Waals surface area contributed by atoms with Gasteiger partial charge >= 0.3 is 0 Å². The molecule has 6 heteroatoms. The lowest BCUT2D eigenvalue weighted by Crippen LogP contribution is -2.03. The van der Waals surface area contributed by atoms with Gasteiger partial charge < -0.3 is 0 Å². The SMILES string of the molecule is Fc1ccc2c(c1)nc(CCCl)n2-c1c(Cl)cccc1Cl. The maximum absolute atomic E-state index is 13.4. The van der Waals surface area contributed by atoms with Gasteiger partial charge in [0.1, 0.15) is 11.6 Å². The predicted octanol–water partition coefficient (Wildman–Crippen LogP) is 5.25. The molecule has 1 heterocycles. The number of para-hydroxylation sites is 1. The van der Waals surface area contributed by atoms with Gasteiger partial charge in [-0.2, -0.15) is 0 Å². The van der Waals surface area contributed by atoms with Crippen molar-refractivity contribution < 1.29 is 4.39 Å². The molecule has 0 saturated heterocycles. The lowest BCUT2D eigenvalue weighted by molar-refractivity contribution is 0.629. The van der Waals surface area contributed by atoms with Crippen LogP contribution in [0.5, 0.6) is 0 Å². The first-order valence-electron chi connectivity index (χ1n) is 6.29.